The molecule has 7 nitrogen and oxygen atoms in total. The Balaban J connectivity index is 1.45. The van der Waals surface area contributed by atoms with Crippen LogP contribution in [0.1, 0.15) is 36.2 Å². The zero-order chi connectivity index (χ0) is 16.5. The van der Waals surface area contributed by atoms with Crippen LogP contribution in [0.3, 0.4) is 0 Å². The number of fused-ring (bicyclic) bond motifs is 1. The summed E-state index contributed by atoms with van der Waals surface area (Å²) in [6.07, 6.45) is 1.90. The standard InChI is InChI=1S/C17H19N5O2/c1-11-18-17(24-21-11)12-6-8-22(9-7-12)10-15-16(23)20-14-5-3-2-4-13(14)19-15/h2-5,12H,6-10H2,1H3,(H,20,23). The molecule has 0 spiro atoms. The number of hydrogen-bond acceptors (Lipinski definition) is 6. The topological polar surface area (TPSA) is 87.9 Å². The van der Waals surface area contributed by atoms with E-state index in [0.717, 1.165) is 42.9 Å². The fourth-order valence-corrected chi connectivity index (χ4v) is 3.20. The quantitative estimate of drug-likeness (QED) is 0.792. The number of aryl methyl sites for hydroxylation is 1. The number of hydrogen-bond donors (Lipinski definition) is 1. The van der Waals surface area contributed by atoms with E-state index in [1.54, 1.807) is 0 Å². The lowest BCUT2D eigenvalue weighted by Crippen LogP contribution is -2.34. The Morgan fingerprint density at radius 1 is 1.25 bits per heavy atom. The van der Waals surface area contributed by atoms with E-state index in [-0.39, 0.29) is 5.56 Å². The van der Waals surface area contributed by atoms with Crippen LogP contribution in [0.4, 0.5) is 0 Å². The number of nitrogens with zero attached hydrogens (tertiary/aromatic N) is 4. The second-order valence-electron chi connectivity index (χ2n) is 6.26. The second-order valence-corrected chi connectivity index (χ2v) is 6.26. The molecule has 7 heteroatoms. The molecule has 1 N–H and O–H groups in total. The van der Waals surface area contributed by atoms with Crippen molar-refractivity contribution >= 4 is 11.0 Å². The van der Waals surface area contributed by atoms with E-state index in [0.29, 0.717) is 24.0 Å². The number of likely N-dealkylation sites (tertiary alicyclic amines) is 1. The predicted molar refractivity (Wildman–Crippen MR) is 88.7 cm³/mol. The minimum atomic E-state index is -0.108. The van der Waals surface area contributed by atoms with Gasteiger partial charge >= 0.3 is 0 Å². The fraction of sp³-hybridized carbons (Fsp3) is 0.412. The van der Waals surface area contributed by atoms with Crippen LogP contribution >= 0.6 is 0 Å². The molecule has 1 aliphatic rings. The Morgan fingerprint density at radius 2 is 2.04 bits per heavy atom. The molecule has 3 aromatic rings. The molecule has 0 amide bonds. The third-order valence-electron chi connectivity index (χ3n) is 4.52. The molecule has 1 fully saturated rings. The van der Waals surface area contributed by atoms with Gasteiger partial charge < -0.3 is 9.51 Å². The number of piperidine rings is 1. The number of aromatic nitrogens is 4. The summed E-state index contributed by atoms with van der Waals surface area (Å²) >= 11 is 0. The highest BCUT2D eigenvalue weighted by molar-refractivity contribution is 5.73. The molecule has 24 heavy (non-hydrogen) atoms. The van der Waals surface area contributed by atoms with Crippen molar-refractivity contribution in [1.82, 2.24) is 25.0 Å². The average molecular weight is 325 g/mol. The smallest absolute Gasteiger partial charge is 0.271 e. The maximum atomic E-state index is 12.2. The summed E-state index contributed by atoms with van der Waals surface area (Å²) in [6, 6.07) is 7.60. The van der Waals surface area contributed by atoms with Gasteiger partial charge in [-0.2, -0.15) is 4.98 Å². The van der Waals surface area contributed by atoms with Gasteiger partial charge in [0.05, 0.1) is 11.0 Å². The molecule has 0 aliphatic carbocycles. The normalized spacial score (nSPS) is 16.7. The number of para-hydroxylation sites is 2. The van der Waals surface area contributed by atoms with Gasteiger partial charge in [-0.05, 0) is 45.0 Å². The van der Waals surface area contributed by atoms with Crippen molar-refractivity contribution < 1.29 is 4.52 Å². The average Bonchev–Trinajstić information content (AvgIpc) is 3.03. The lowest BCUT2D eigenvalue weighted by Gasteiger charge is -2.29. The summed E-state index contributed by atoms with van der Waals surface area (Å²) in [5, 5.41) is 3.86. The van der Waals surface area contributed by atoms with Gasteiger partial charge in [-0.15, -0.1) is 0 Å². The minimum Gasteiger partial charge on any atom is -0.339 e. The van der Waals surface area contributed by atoms with E-state index in [1.165, 1.54) is 0 Å². The van der Waals surface area contributed by atoms with E-state index in [1.807, 2.05) is 31.2 Å². The minimum absolute atomic E-state index is 0.108. The van der Waals surface area contributed by atoms with Crippen LogP contribution < -0.4 is 5.56 Å². The van der Waals surface area contributed by atoms with E-state index in [2.05, 4.69) is 25.0 Å². The van der Waals surface area contributed by atoms with Crippen LogP contribution in [0.2, 0.25) is 0 Å². The molecule has 2 aromatic heterocycles. The Labute approximate surface area is 138 Å². The van der Waals surface area contributed by atoms with Crippen molar-refractivity contribution in [3.8, 4) is 0 Å². The van der Waals surface area contributed by atoms with Crippen LogP contribution in [0.15, 0.2) is 33.6 Å². The van der Waals surface area contributed by atoms with Crippen molar-refractivity contribution in [1.29, 1.82) is 0 Å². The Morgan fingerprint density at radius 3 is 2.79 bits per heavy atom. The summed E-state index contributed by atoms with van der Waals surface area (Å²) in [5.74, 6) is 1.72. The second kappa shape index (κ2) is 6.16. The highest BCUT2D eigenvalue weighted by Crippen LogP contribution is 2.27. The third-order valence-corrected chi connectivity index (χ3v) is 4.52. The van der Waals surface area contributed by atoms with Gasteiger partial charge in [0, 0.05) is 12.5 Å². The predicted octanol–water partition coefficient (Wildman–Crippen LogP) is 1.99. The Hall–Kier alpha value is -2.54. The summed E-state index contributed by atoms with van der Waals surface area (Å²) in [7, 11) is 0. The first-order valence-corrected chi connectivity index (χ1v) is 8.19. The summed E-state index contributed by atoms with van der Waals surface area (Å²) in [4.78, 5) is 26.2. The monoisotopic (exact) mass is 325 g/mol. The molecule has 0 unspecified atom stereocenters. The van der Waals surface area contributed by atoms with E-state index < -0.39 is 0 Å². The summed E-state index contributed by atoms with van der Waals surface area (Å²) in [5.41, 5.74) is 2.06. The SMILES string of the molecule is Cc1noc(C2CCN(Cc3nc4ccccc4[nH]c3=O)CC2)n1. The summed E-state index contributed by atoms with van der Waals surface area (Å²) < 4.78 is 5.28. The molecular formula is C17H19N5O2. The Kier molecular flexibility index (Phi) is 3.86. The highest BCUT2D eigenvalue weighted by atomic mass is 16.5. The highest BCUT2D eigenvalue weighted by Gasteiger charge is 2.25. The number of H-pyrrole nitrogens is 1. The number of benzene rings is 1. The van der Waals surface area contributed by atoms with Crippen LogP contribution in [0, 0.1) is 6.92 Å². The zero-order valence-corrected chi connectivity index (χ0v) is 13.5. The van der Waals surface area contributed by atoms with Crippen molar-refractivity contribution in [2.24, 2.45) is 0 Å². The fourth-order valence-electron chi connectivity index (χ4n) is 3.20. The van der Waals surface area contributed by atoms with Gasteiger partial charge in [-0.3, -0.25) is 9.69 Å². The van der Waals surface area contributed by atoms with Crippen LogP contribution in [-0.2, 0) is 6.54 Å². The maximum absolute atomic E-state index is 12.2. The number of aromatic amines is 1. The van der Waals surface area contributed by atoms with Crippen molar-refractivity contribution in [3.63, 3.8) is 0 Å². The molecule has 0 bridgehead atoms. The first kappa shape index (κ1) is 15.0. The summed E-state index contributed by atoms with van der Waals surface area (Å²) in [6.45, 7) is 4.18. The van der Waals surface area contributed by atoms with Gasteiger partial charge in [0.1, 0.15) is 5.69 Å². The molecule has 0 saturated carbocycles. The molecular weight excluding hydrogens is 306 g/mol. The molecule has 0 radical (unpaired) electrons. The molecule has 1 saturated heterocycles. The number of rotatable bonds is 3. The molecule has 0 atom stereocenters. The van der Waals surface area contributed by atoms with Gasteiger partial charge in [-0.1, -0.05) is 17.3 Å². The van der Waals surface area contributed by atoms with Crippen molar-refractivity contribution in [3.05, 3.63) is 52.0 Å². The third kappa shape index (κ3) is 2.94. The van der Waals surface area contributed by atoms with Gasteiger partial charge in [0.15, 0.2) is 5.82 Å². The van der Waals surface area contributed by atoms with Crippen LogP contribution in [0.25, 0.3) is 11.0 Å². The zero-order valence-electron chi connectivity index (χ0n) is 13.5. The largest absolute Gasteiger partial charge is 0.339 e. The van der Waals surface area contributed by atoms with E-state index in [9.17, 15) is 4.79 Å². The first-order chi connectivity index (χ1) is 11.7. The number of nitrogens with one attached hydrogen (secondary N) is 1. The van der Waals surface area contributed by atoms with Crippen molar-refractivity contribution in [2.75, 3.05) is 13.1 Å². The maximum Gasteiger partial charge on any atom is 0.271 e. The first-order valence-electron chi connectivity index (χ1n) is 8.19. The van der Waals surface area contributed by atoms with E-state index in [4.69, 9.17) is 4.52 Å². The molecule has 124 valence electrons. The lowest BCUT2D eigenvalue weighted by atomic mass is 9.96. The van der Waals surface area contributed by atoms with Crippen molar-refractivity contribution in [2.45, 2.75) is 32.2 Å². The van der Waals surface area contributed by atoms with Gasteiger partial charge in [0.2, 0.25) is 5.89 Å². The molecule has 4 rings (SSSR count). The van der Waals surface area contributed by atoms with Gasteiger partial charge in [-0.25, -0.2) is 4.98 Å². The molecule has 1 aromatic carbocycles. The Bertz CT molecular complexity index is 908. The molecule has 3 heterocycles. The van der Waals surface area contributed by atoms with Crippen LogP contribution in [-0.4, -0.2) is 38.1 Å². The van der Waals surface area contributed by atoms with Gasteiger partial charge in [0.25, 0.3) is 5.56 Å². The molecule has 1 aliphatic heterocycles. The lowest BCUT2D eigenvalue weighted by molar-refractivity contribution is 0.185. The van der Waals surface area contributed by atoms with Crippen LogP contribution in [0.5, 0.6) is 0 Å². The van der Waals surface area contributed by atoms with E-state index >= 15 is 0 Å².